The number of aromatic nitrogens is 2. The van der Waals surface area contributed by atoms with Crippen LogP contribution in [0, 0.1) is 5.82 Å². The molecule has 0 atom stereocenters. The van der Waals surface area contributed by atoms with E-state index < -0.39 is 11.7 Å². The van der Waals surface area contributed by atoms with Gasteiger partial charge < -0.3 is 24.8 Å². The predicted octanol–water partition coefficient (Wildman–Crippen LogP) is 3.64. The molecule has 1 aromatic heterocycles. The first-order valence-corrected chi connectivity index (χ1v) is 8.51. The Bertz CT molecular complexity index is 969. The lowest BCUT2D eigenvalue weighted by molar-refractivity contribution is 0.102. The smallest absolute Gasteiger partial charge is 0.256 e. The van der Waals surface area contributed by atoms with Gasteiger partial charge in [-0.15, -0.1) is 10.2 Å². The molecule has 150 valence electrons. The van der Waals surface area contributed by atoms with Gasteiger partial charge in [0.2, 0.25) is 5.75 Å². The van der Waals surface area contributed by atoms with Gasteiger partial charge in [-0.25, -0.2) is 4.39 Å². The normalized spacial score (nSPS) is 10.2. The molecule has 1 heterocycles. The van der Waals surface area contributed by atoms with Crippen LogP contribution >= 0.6 is 0 Å². The maximum Gasteiger partial charge on any atom is 0.256 e. The highest BCUT2D eigenvalue weighted by Gasteiger charge is 2.14. The molecule has 0 bridgehead atoms. The second-order valence-electron chi connectivity index (χ2n) is 5.80. The minimum absolute atomic E-state index is 0.259. The van der Waals surface area contributed by atoms with E-state index in [1.54, 1.807) is 24.3 Å². The van der Waals surface area contributed by atoms with Crippen LogP contribution in [-0.2, 0) is 0 Å². The molecule has 0 aliphatic heterocycles. The van der Waals surface area contributed by atoms with Crippen molar-refractivity contribution in [2.24, 2.45) is 0 Å². The quantitative estimate of drug-likeness (QED) is 0.627. The van der Waals surface area contributed by atoms with Crippen molar-refractivity contribution in [3.8, 4) is 17.2 Å². The highest BCUT2D eigenvalue weighted by Crippen LogP contribution is 2.40. The summed E-state index contributed by atoms with van der Waals surface area (Å²) in [6.07, 6.45) is 0. The number of carbonyl (C=O) groups excluding carboxylic acids is 1. The van der Waals surface area contributed by atoms with E-state index in [4.69, 9.17) is 14.2 Å². The molecule has 3 aromatic rings. The number of nitrogens with zero attached hydrogens (tertiary/aromatic N) is 2. The van der Waals surface area contributed by atoms with E-state index in [2.05, 4.69) is 20.8 Å². The van der Waals surface area contributed by atoms with Gasteiger partial charge in [-0.2, -0.15) is 0 Å². The van der Waals surface area contributed by atoms with E-state index >= 15 is 0 Å². The highest BCUT2D eigenvalue weighted by atomic mass is 19.1. The zero-order chi connectivity index (χ0) is 20.8. The number of rotatable bonds is 7. The van der Waals surface area contributed by atoms with Gasteiger partial charge >= 0.3 is 0 Å². The van der Waals surface area contributed by atoms with Crippen molar-refractivity contribution in [1.29, 1.82) is 0 Å². The summed E-state index contributed by atoms with van der Waals surface area (Å²) in [7, 11) is 4.58. The van der Waals surface area contributed by atoms with Crippen LogP contribution in [0.15, 0.2) is 48.5 Å². The molecule has 9 heteroatoms. The standard InChI is InChI=1S/C20H19FN4O4/c1-27-15-10-14(11-16(28-2)19(15)29-3)22-17-8-9-18(25-24-17)23-20(26)12-4-6-13(21)7-5-12/h4-11H,1-3H3,(H,22,24)(H,23,25,26). The molecule has 0 unspecified atom stereocenters. The number of ether oxygens (including phenoxy) is 3. The van der Waals surface area contributed by atoms with Crippen LogP contribution in [0.4, 0.5) is 21.7 Å². The SMILES string of the molecule is COc1cc(Nc2ccc(NC(=O)c3ccc(F)cc3)nn2)cc(OC)c1OC. The molecule has 2 aromatic carbocycles. The second-order valence-corrected chi connectivity index (χ2v) is 5.80. The maximum atomic E-state index is 13.0. The van der Waals surface area contributed by atoms with E-state index in [1.807, 2.05) is 0 Å². The van der Waals surface area contributed by atoms with Crippen LogP contribution < -0.4 is 24.8 Å². The van der Waals surface area contributed by atoms with Crippen molar-refractivity contribution < 1.29 is 23.4 Å². The van der Waals surface area contributed by atoms with E-state index in [-0.39, 0.29) is 5.82 Å². The Balaban J connectivity index is 1.72. The number of hydrogen-bond acceptors (Lipinski definition) is 7. The van der Waals surface area contributed by atoms with E-state index in [1.165, 1.54) is 45.6 Å². The summed E-state index contributed by atoms with van der Waals surface area (Å²) >= 11 is 0. The third-order valence-corrected chi connectivity index (χ3v) is 3.95. The van der Waals surface area contributed by atoms with Crippen LogP contribution in [0.2, 0.25) is 0 Å². The van der Waals surface area contributed by atoms with Crippen molar-refractivity contribution in [3.05, 3.63) is 59.9 Å². The lowest BCUT2D eigenvalue weighted by Crippen LogP contribution is -2.13. The van der Waals surface area contributed by atoms with Crippen molar-refractivity contribution >= 4 is 23.2 Å². The molecule has 2 N–H and O–H groups in total. The third-order valence-electron chi connectivity index (χ3n) is 3.95. The number of carbonyl (C=O) groups is 1. The average molecular weight is 398 g/mol. The first kappa shape index (κ1) is 19.9. The Labute approximate surface area is 166 Å². The second kappa shape index (κ2) is 8.87. The minimum Gasteiger partial charge on any atom is -0.493 e. The zero-order valence-corrected chi connectivity index (χ0v) is 16.0. The molecule has 0 spiro atoms. The Kier molecular flexibility index (Phi) is 6.08. The van der Waals surface area contributed by atoms with Crippen molar-refractivity contribution in [3.63, 3.8) is 0 Å². The van der Waals surface area contributed by atoms with Gasteiger partial charge in [-0.3, -0.25) is 4.79 Å². The number of halogens is 1. The van der Waals surface area contributed by atoms with Crippen molar-refractivity contribution in [1.82, 2.24) is 10.2 Å². The van der Waals surface area contributed by atoms with Gasteiger partial charge in [0, 0.05) is 23.4 Å². The zero-order valence-electron chi connectivity index (χ0n) is 16.0. The van der Waals surface area contributed by atoms with E-state index in [0.29, 0.717) is 34.3 Å². The van der Waals surface area contributed by atoms with Gasteiger partial charge in [0.1, 0.15) is 5.82 Å². The predicted molar refractivity (Wildman–Crippen MR) is 106 cm³/mol. The molecule has 0 fully saturated rings. The number of hydrogen-bond donors (Lipinski definition) is 2. The maximum absolute atomic E-state index is 13.0. The summed E-state index contributed by atoms with van der Waals surface area (Å²) in [5, 5.41) is 13.7. The molecular formula is C20H19FN4O4. The fourth-order valence-corrected chi connectivity index (χ4v) is 2.56. The van der Waals surface area contributed by atoms with Crippen LogP contribution in [0.25, 0.3) is 0 Å². The van der Waals surface area contributed by atoms with Gasteiger partial charge in [0.05, 0.1) is 21.3 Å². The minimum atomic E-state index is -0.413. The van der Waals surface area contributed by atoms with Crippen LogP contribution in [0.1, 0.15) is 10.4 Å². The molecular weight excluding hydrogens is 379 g/mol. The summed E-state index contributed by atoms with van der Waals surface area (Å²) in [5.74, 6) is 1.34. The van der Waals surface area contributed by atoms with Gasteiger partial charge in [-0.05, 0) is 36.4 Å². The first-order chi connectivity index (χ1) is 14.0. The Morgan fingerprint density at radius 2 is 1.45 bits per heavy atom. The Hall–Kier alpha value is -3.88. The summed E-state index contributed by atoms with van der Waals surface area (Å²) in [5.41, 5.74) is 0.963. The molecule has 0 saturated carbocycles. The number of benzene rings is 2. The van der Waals surface area contributed by atoms with Crippen molar-refractivity contribution in [2.45, 2.75) is 0 Å². The monoisotopic (exact) mass is 398 g/mol. The van der Waals surface area contributed by atoms with E-state index in [0.717, 1.165) is 0 Å². The summed E-state index contributed by atoms with van der Waals surface area (Å²) in [6.45, 7) is 0. The lowest BCUT2D eigenvalue weighted by Gasteiger charge is -2.14. The fourth-order valence-electron chi connectivity index (χ4n) is 2.56. The average Bonchev–Trinajstić information content (AvgIpc) is 2.74. The van der Waals surface area contributed by atoms with Crippen LogP contribution in [0.5, 0.6) is 17.2 Å². The van der Waals surface area contributed by atoms with Crippen LogP contribution in [-0.4, -0.2) is 37.4 Å². The summed E-state index contributed by atoms with van der Waals surface area (Å²) in [6, 6.07) is 11.9. The number of methoxy groups -OCH3 is 3. The Morgan fingerprint density at radius 1 is 0.862 bits per heavy atom. The largest absolute Gasteiger partial charge is 0.493 e. The van der Waals surface area contributed by atoms with Gasteiger partial charge in [-0.1, -0.05) is 0 Å². The molecule has 0 aliphatic rings. The topological polar surface area (TPSA) is 94.6 Å². The van der Waals surface area contributed by atoms with Crippen molar-refractivity contribution in [2.75, 3.05) is 32.0 Å². The van der Waals surface area contributed by atoms with E-state index in [9.17, 15) is 9.18 Å². The fraction of sp³-hybridized carbons (Fsp3) is 0.150. The van der Waals surface area contributed by atoms with Gasteiger partial charge in [0.25, 0.3) is 5.91 Å². The summed E-state index contributed by atoms with van der Waals surface area (Å²) < 4.78 is 28.9. The molecule has 8 nitrogen and oxygen atoms in total. The molecule has 3 rings (SSSR count). The highest BCUT2D eigenvalue weighted by molar-refractivity contribution is 6.03. The first-order valence-electron chi connectivity index (χ1n) is 8.51. The Morgan fingerprint density at radius 3 is 1.97 bits per heavy atom. The van der Waals surface area contributed by atoms with Gasteiger partial charge in [0.15, 0.2) is 23.1 Å². The molecule has 0 saturated heterocycles. The third kappa shape index (κ3) is 4.70. The molecule has 1 amide bonds. The van der Waals surface area contributed by atoms with Crippen LogP contribution in [0.3, 0.4) is 0 Å². The molecule has 0 aliphatic carbocycles. The molecule has 0 radical (unpaired) electrons. The lowest BCUT2D eigenvalue weighted by atomic mass is 10.2. The number of anilines is 3. The summed E-state index contributed by atoms with van der Waals surface area (Å²) in [4.78, 5) is 12.1. The number of nitrogens with one attached hydrogen (secondary N) is 2. The number of amides is 1. The molecule has 29 heavy (non-hydrogen) atoms.